The molecule has 0 spiro atoms. The van der Waals surface area contributed by atoms with Crippen molar-refractivity contribution in [2.45, 2.75) is 6.42 Å². The van der Waals surface area contributed by atoms with E-state index in [2.05, 4.69) is 4.98 Å². The molecule has 1 unspecified atom stereocenters. The highest BCUT2D eigenvalue weighted by Crippen LogP contribution is 2.16. The fourth-order valence-electron chi connectivity index (χ4n) is 2.67. The second kappa shape index (κ2) is 6.58. The topological polar surface area (TPSA) is 64.2 Å². The van der Waals surface area contributed by atoms with Crippen molar-refractivity contribution in [2.24, 2.45) is 11.7 Å². The van der Waals surface area contributed by atoms with Crippen LogP contribution in [0.4, 0.5) is 0 Å². The van der Waals surface area contributed by atoms with Gasteiger partial charge in [0, 0.05) is 37.2 Å². The normalized spacial score (nSPS) is 18.2. The Hall–Kier alpha value is -2.40. The van der Waals surface area contributed by atoms with Gasteiger partial charge in [-0.25, -0.2) is 4.98 Å². The number of aromatic nitrogens is 2. The molecule has 1 saturated heterocycles. The van der Waals surface area contributed by atoms with Crippen LogP contribution in [-0.2, 0) is 4.79 Å². The summed E-state index contributed by atoms with van der Waals surface area (Å²) in [5.74, 6) is 0.515. The molecule has 1 aromatic carbocycles. The summed E-state index contributed by atoms with van der Waals surface area (Å²) >= 11 is 0. The molecule has 0 bridgehead atoms. The predicted octanol–water partition coefficient (Wildman–Crippen LogP) is 1.69. The van der Waals surface area contributed by atoms with E-state index in [1.54, 1.807) is 18.6 Å². The Labute approximate surface area is 130 Å². The van der Waals surface area contributed by atoms with E-state index in [0.717, 1.165) is 30.8 Å². The van der Waals surface area contributed by atoms with Gasteiger partial charge >= 0.3 is 0 Å². The van der Waals surface area contributed by atoms with Crippen molar-refractivity contribution in [1.29, 1.82) is 0 Å². The van der Waals surface area contributed by atoms with Gasteiger partial charge in [-0.15, -0.1) is 0 Å². The molecule has 5 nitrogen and oxygen atoms in total. The molecular weight excluding hydrogens is 276 g/mol. The number of likely N-dealkylation sites (tertiary alicyclic amines) is 1. The first-order valence-corrected chi connectivity index (χ1v) is 7.51. The number of imidazole rings is 1. The lowest BCUT2D eigenvalue weighted by molar-refractivity contribution is -0.125. The highest BCUT2D eigenvalue weighted by Gasteiger charge is 2.23. The second-order valence-electron chi connectivity index (χ2n) is 5.57. The molecule has 1 atom stereocenters. The number of benzene rings is 1. The van der Waals surface area contributed by atoms with Crippen molar-refractivity contribution in [3.63, 3.8) is 0 Å². The first kappa shape index (κ1) is 14.5. The lowest BCUT2D eigenvalue weighted by atomic mass is 10.1. The van der Waals surface area contributed by atoms with Gasteiger partial charge in [0.15, 0.2) is 0 Å². The number of nitrogens with two attached hydrogens (primary N) is 1. The standard InChI is InChI=1S/C17H20N4O/c18-11-15-7-9-20(12-15)17(22)6-3-14-1-4-16(5-2-14)21-10-8-19-13-21/h1-6,8,10,13,15H,7,9,11-12,18H2. The Balaban J connectivity index is 1.62. The Morgan fingerprint density at radius 1 is 1.36 bits per heavy atom. The second-order valence-corrected chi connectivity index (χ2v) is 5.57. The van der Waals surface area contributed by atoms with Crippen molar-refractivity contribution in [3.05, 3.63) is 54.6 Å². The fraction of sp³-hybridized carbons (Fsp3) is 0.294. The van der Waals surface area contributed by atoms with Gasteiger partial charge < -0.3 is 15.2 Å². The number of carbonyl (C=O) groups excluding carboxylic acids is 1. The van der Waals surface area contributed by atoms with Crippen LogP contribution >= 0.6 is 0 Å². The summed E-state index contributed by atoms with van der Waals surface area (Å²) in [6.07, 6.45) is 9.92. The lowest BCUT2D eigenvalue weighted by Crippen LogP contribution is -2.28. The molecule has 1 amide bonds. The zero-order valence-corrected chi connectivity index (χ0v) is 12.4. The molecule has 2 aromatic rings. The Bertz CT molecular complexity index is 646. The van der Waals surface area contributed by atoms with Crippen LogP contribution in [0.2, 0.25) is 0 Å². The van der Waals surface area contributed by atoms with Crippen LogP contribution in [0.5, 0.6) is 0 Å². The first-order chi connectivity index (χ1) is 10.8. The molecule has 2 heterocycles. The van der Waals surface area contributed by atoms with Crippen LogP contribution in [0.15, 0.2) is 49.1 Å². The molecule has 2 N–H and O–H groups in total. The summed E-state index contributed by atoms with van der Waals surface area (Å²) < 4.78 is 1.94. The molecule has 1 aliphatic heterocycles. The van der Waals surface area contributed by atoms with Crippen LogP contribution in [0.3, 0.4) is 0 Å². The summed E-state index contributed by atoms with van der Waals surface area (Å²) in [4.78, 5) is 18.0. The van der Waals surface area contributed by atoms with Crippen LogP contribution in [0.1, 0.15) is 12.0 Å². The maximum absolute atomic E-state index is 12.1. The molecule has 1 fully saturated rings. The molecule has 5 heteroatoms. The molecule has 0 radical (unpaired) electrons. The van der Waals surface area contributed by atoms with Crippen molar-refractivity contribution < 1.29 is 4.79 Å². The van der Waals surface area contributed by atoms with Gasteiger partial charge in [-0.2, -0.15) is 0 Å². The molecule has 0 saturated carbocycles. The maximum Gasteiger partial charge on any atom is 0.246 e. The van der Waals surface area contributed by atoms with E-state index in [1.165, 1.54) is 0 Å². The van der Waals surface area contributed by atoms with Gasteiger partial charge in [-0.3, -0.25) is 4.79 Å². The number of carbonyl (C=O) groups is 1. The van der Waals surface area contributed by atoms with Gasteiger partial charge in [0.1, 0.15) is 0 Å². The number of amides is 1. The molecule has 1 aliphatic rings. The number of hydrogen-bond donors (Lipinski definition) is 1. The third-order valence-electron chi connectivity index (χ3n) is 4.04. The minimum absolute atomic E-state index is 0.0645. The van der Waals surface area contributed by atoms with E-state index in [4.69, 9.17) is 5.73 Å². The lowest BCUT2D eigenvalue weighted by Gasteiger charge is -2.13. The molecule has 3 rings (SSSR count). The first-order valence-electron chi connectivity index (χ1n) is 7.51. The number of nitrogens with zero attached hydrogens (tertiary/aromatic N) is 3. The Morgan fingerprint density at radius 3 is 2.82 bits per heavy atom. The van der Waals surface area contributed by atoms with E-state index in [9.17, 15) is 4.79 Å². The van der Waals surface area contributed by atoms with Gasteiger partial charge in [-0.1, -0.05) is 12.1 Å². The third kappa shape index (κ3) is 3.26. The quantitative estimate of drug-likeness (QED) is 0.873. The van der Waals surface area contributed by atoms with E-state index < -0.39 is 0 Å². The van der Waals surface area contributed by atoms with Crippen LogP contribution in [-0.4, -0.2) is 40.0 Å². The monoisotopic (exact) mass is 296 g/mol. The van der Waals surface area contributed by atoms with E-state index in [0.29, 0.717) is 12.5 Å². The third-order valence-corrected chi connectivity index (χ3v) is 4.04. The summed E-state index contributed by atoms with van der Waals surface area (Å²) in [5.41, 5.74) is 7.71. The van der Waals surface area contributed by atoms with E-state index in [1.807, 2.05) is 46.0 Å². The average molecular weight is 296 g/mol. The largest absolute Gasteiger partial charge is 0.339 e. The highest BCUT2D eigenvalue weighted by atomic mass is 16.2. The Morgan fingerprint density at radius 2 is 2.18 bits per heavy atom. The van der Waals surface area contributed by atoms with Gasteiger partial charge in [0.05, 0.1) is 6.33 Å². The van der Waals surface area contributed by atoms with Crippen molar-refractivity contribution in [1.82, 2.24) is 14.5 Å². The van der Waals surface area contributed by atoms with Gasteiger partial charge in [0.25, 0.3) is 0 Å². The van der Waals surface area contributed by atoms with Crippen LogP contribution in [0, 0.1) is 5.92 Å². The van der Waals surface area contributed by atoms with E-state index >= 15 is 0 Å². The molecule has 1 aromatic heterocycles. The zero-order valence-electron chi connectivity index (χ0n) is 12.4. The van der Waals surface area contributed by atoms with Crippen molar-refractivity contribution in [3.8, 4) is 5.69 Å². The minimum Gasteiger partial charge on any atom is -0.339 e. The summed E-state index contributed by atoms with van der Waals surface area (Å²) in [7, 11) is 0. The average Bonchev–Trinajstić information content (AvgIpc) is 3.24. The summed E-state index contributed by atoms with van der Waals surface area (Å²) in [5, 5.41) is 0. The van der Waals surface area contributed by atoms with Gasteiger partial charge in [0.2, 0.25) is 5.91 Å². The van der Waals surface area contributed by atoms with Crippen molar-refractivity contribution >= 4 is 12.0 Å². The number of hydrogen-bond acceptors (Lipinski definition) is 3. The molecular formula is C17H20N4O. The van der Waals surface area contributed by atoms with E-state index in [-0.39, 0.29) is 5.91 Å². The highest BCUT2D eigenvalue weighted by molar-refractivity contribution is 5.92. The Kier molecular flexibility index (Phi) is 4.34. The fourth-order valence-corrected chi connectivity index (χ4v) is 2.67. The number of rotatable bonds is 4. The zero-order chi connectivity index (χ0) is 15.4. The minimum atomic E-state index is 0.0645. The summed E-state index contributed by atoms with van der Waals surface area (Å²) in [6, 6.07) is 8.00. The van der Waals surface area contributed by atoms with Crippen molar-refractivity contribution in [2.75, 3.05) is 19.6 Å². The molecule has 0 aliphatic carbocycles. The summed E-state index contributed by atoms with van der Waals surface area (Å²) in [6.45, 7) is 2.24. The predicted molar refractivity (Wildman–Crippen MR) is 86.3 cm³/mol. The van der Waals surface area contributed by atoms with Gasteiger partial charge in [-0.05, 0) is 42.7 Å². The SMILES string of the molecule is NCC1CCN(C(=O)C=Cc2ccc(-n3ccnc3)cc2)C1. The molecule has 22 heavy (non-hydrogen) atoms. The van der Waals surface area contributed by atoms with Crippen LogP contribution < -0.4 is 5.73 Å². The molecule has 114 valence electrons. The maximum atomic E-state index is 12.1. The smallest absolute Gasteiger partial charge is 0.246 e. The van der Waals surface area contributed by atoms with Crippen LogP contribution in [0.25, 0.3) is 11.8 Å².